The zero-order valence-electron chi connectivity index (χ0n) is 13.5. The van der Waals surface area contributed by atoms with E-state index in [1.54, 1.807) is 23.5 Å². The highest BCUT2D eigenvalue weighted by Crippen LogP contribution is 2.26. The number of hydrogen-bond acceptors (Lipinski definition) is 5. The Morgan fingerprint density at radius 2 is 1.87 bits per heavy atom. The summed E-state index contributed by atoms with van der Waals surface area (Å²) in [6.45, 7) is 3.15. The van der Waals surface area contributed by atoms with E-state index >= 15 is 0 Å². The molecule has 2 rings (SSSR count). The van der Waals surface area contributed by atoms with E-state index < -0.39 is 10.0 Å². The van der Waals surface area contributed by atoms with Gasteiger partial charge in [-0.15, -0.1) is 11.3 Å². The Balaban J connectivity index is 1.92. The number of aromatic nitrogens is 1. The van der Waals surface area contributed by atoms with Crippen LogP contribution in [-0.2, 0) is 10.0 Å². The molecule has 7 heteroatoms. The minimum atomic E-state index is -3.24. The summed E-state index contributed by atoms with van der Waals surface area (Å²) < 4.78 is 24.8. The first kappa shape index (κ1) is 17.7. The maximum atomic E-state index is 11.2. The number of anilines is 2. The van der Waals surface area contributed by atoms with Crippen molar-refractivity contribution in [2.75, 3.05) is 22.8 Å². The van der Waals surface area contributed by atoms with Crippen LogP contribution in [0.3, 0.4) is 0 Å². The van der Waals surface area contributed by atoms with Crippen LogP contribution in [0.2, 0.25) is 0 Å². The van der Waals surface area contributed by atoms with Crippen molar-refractivity contribution in [1.29, 1.82) is 0 Å². The van der Waals surface area contributed by atoms with E-state index in [0.717, 1.165) is 35.6 Å². The molecule has 0 aliphatic heterocycles. The molecule has 5 nitrogen and oxygen atoms in total. The number of benzene rings is 1. The van der Waals surface area contributed by atoms with E-state index in [1.807, 2.05) is 17.5 Å². The van der Waals surface area contributed by atoms with Crippen molar-refractivity contribution in [3.63, 3.8) is 0 Å². The largest absolute Gasteiger partial charge is 0.362 e. The zero-order valence-corrected chi connectivity index (χ0v) is 15.1. The molecule has 0 atom stereocenters. The van der Waals surface area contributed by atoms with Gasteiger partial charge in [-0.25, -0.2) is 13.4 Å². The molecule has 2 N–H and O–H groups in total. The van der Waals surface area contributed by atoms with Crippen molar-refractivity contribution in [2.24, 2.45) is 0 Å². The molecule has 0 saturated carbocycles. The van der Waals surface area contributed by atoms with Crippen LogP contribution < -0.4 is 10.0 Å². The summed E-state index contributed by atoms with van der Waals surface area (Å²) in [5.41, 5.74) is 2.43. The quantitative estimate of drug-likeness (QED) is 0.664. The van der Waals surface area contributed by atoms with Crippen molar-refractivity contribution in [2.45, 2.75) is 32.6 Å². The first-order chi connectivity index (χ1) is 11.0. The second-order valence-corrected chi connectivity index (χ2v) is 8.08. The molecule has 1 heterocycles. The molecule has 0 spiro atoms. The predicted octanol–water partition coefficient (Wildman–Crippen LogP) is 4.17. The third kappa shape index (κ3) is 6.19. The summed E-state index contributed by atoms with van der Waals surface area (Å²) in [4.78, 5) is 4.57. The monoisotopic (exact) mass is 353 g/mol. The SMILES string of the molecule is CCCCCCNc1nc(-c2ccc(NS(C)(=O)=O)cc2)cs1. The molecule has 0 radical (unpaired) electrons. The summed E-state index contributed by atoms with van der Waals surface area (Å²) in [6, 6.07) is 7.22. The molecule has 0 bridgehead atoms. The number of hydrogen-bond donors (Lipinski definition) is 2. The number of rotatable bonds is 9. The van der Waals surface area contributed by atoms with Crippen LogP contribution in [0.25, 0.3) is 11.3 Å². The lowest BCUT2D eigenvalue weighted by atomic mass is 10.1. The molecule has 0 unspecified atom stereocenters. The molecule has 0 saturated heterocycles. The molecule has 1 aromatic carbocycles. The molecule has 23 heavy (non-hydrogen) atoms. The molecular formula is C16H23N3O2S2. The van der Waals surface area contributed by atoms with Gasteiger partial charge in [-0.2, -0.15) is 0 Å². The van der Waals surface area contributed by atoms with Crippen molar-refractivity contribution in [1.82, 2.24) is 4.98 Å². The first-order valence-electron chi connectivity index (χ1n) is 7.75. The first-order valence-corrected chi connectivity index (χ1v) is 10.5. The van der Waals surface area contributed by atoms with Gasteiger partial charge in [-0.05, 0) is 18.6 Å². The highest BCUT2D eigenvalue weighted by molar-refractivity contribution is 7.92. The average molecular weight is 354 g/mol. The second-order valence-electron chi connectivity index (χ2n) is 5.48. The molecule has 126 valence electrons. The van der Waals surface area contributed by atoms with Crippen LogP contribution in [0, 0.1) is 0 Å². The van der Waals surface area contributed by atoms with Crippen molar-refractivity contribution in [3.05, 3.63) is 29.6 Å². The van der Waals surface area contributed by atoms with Gasteiger partial charge in [0.1, 0.15) is 0 Å². The fraction of sp³-hybridized carbons (Fsp3) is 0.438. The van der Waals surface area contributed by atoms with E-state index in [-0.39, 0.29) is 0 Å². The molecule has 0 fully saturated rings. The number of nitrogens with zero attached hydrogens (tertiary/aromatic N) is 1. The topological polar surface area (TPSA) is 71.1 Å². The summed E-state index contributed by atoms with van der Waals surface area (Å²) in [6.07, 6.45) is 6.06. The molecule has 0 amide bonds. The maximum absolute atomic E-state index is 11.2. The van der Waals surface area contributed by atoms with Gasteiger partial charge < -0.3 is 5.32 Å². The van der Waals surface area contributed by atoms with Crippen molar-refractivity contribution >= 4 is 32.2 Å². The Bertz CT molecular complexity index is 709. The Labute approximate surface area is 142 Å². The smallest absolute Gasteiger partial charge is 0.229 e. The van der Waals surface area contributed by atoms with Crippen LogP contribution in [-0.4, -0.2) is 26.2 Å². The number of sulfonamides is 1. The minimum absolute atomic E-state index is 0.556. The molecule has 2 aromatic rings. The lowest BCUT2D eigenvalue weighted by Crippen LogP contribution is -2.09. The van der Waals surface area contributed by atoms with E-state index in [9.17, 15) is 8.42 Å². The van der Waals surface area contributed by atoms with Crippen molar-refractivity contribution < 1.29 is 8.42 Å². The summed E-state index contributed by atoms with van der Waals surface area (Å²) in [5.74, 6) is 0. The minimum Gasteiger partial charge on any atom is -0.362 e. The second kappa shape index (κ2) is 8.31. The van der Waals surface area contributed by atoms with Crippen LogP contribution in [0.4, 0.5) is 10.8 Å². The third-order valence-corrected chi connectivity index (χ3v) is 4.70. The van der Waals surface area contributed by atoms with Gasteiger partial charge in [0.05, 0.1) is 11.9 Å². The van der Waals surface area contributed by atoms with Crippen LogP contribution in [0.15, 0.2) is 29.6 Å². The number of nitrogens with one attached hydrogen (secondary N) is 2. The van der Waals surface area contributed by atoms with Crippen LogP contribution in [0.1, 0.15) is 32.6 Å². The Morgan fingerprint density at radius 1 is 1.13 bits per heavy atom. The number of thiazole rings is 1. The Morgan fingerprint density at radius 3 is 2.52 bits per heavy atom. The van der Waals surface area contributed by atoms with Gasteiger partial charge >= 0.3 is 0 Å². The maximum Gasteiger partial charge on any atom is 0.229 e. The van der Waals surface area contributed by atoms with E-state index in [0.29, 0.717) is 5.69 Å². The average Bonchev–Trinajstić information content (AvgIpc) is 2.95. The predicted molar refractivity (Wildman–Crippen MR) is 98.6 cm³/mol. The van der Waals surface area contributed by atoms with Crippen LogP contribution in [0.5, 0.6) is 0 Å². The Hall–Kier alpha value is -1.60. The lowest BCUT2D eigenvalue weighted by molar-refractivity contribution is 0.607. The third-order valence-electron chi connectivity index (χ3n) is 3.29. The van der Waals surface area contributed by atoms with E-state index in [1.165, 1.54) is 19.3 Å². The molecule has 1 aromatic heterocycles. The molecule has 0 aliphatic carbocycles. The standard InChI is InChI=1S/C16H23N3O2S2/c1-3-4-5-6-11-17-16-18-15(12-22-16)13-7-9-14(10-8-13)19-23(2,20)21/h7-10,12,19H,3-6,11H2,1-2H3,(H,17,18). The van der Waals surface area contributed by atoms with Gasteiger partial charge in [0.25, 0.3) is 0 Å². The molecule has 0 aliphatic rings. The van der Waals surface area contributed by atoms with Gasteiger partial charge in [0.15, 0.2) is 5.13 Å². The zero-order chi connectivity index (χ0) is 16.7. The van der Waals surface area contributed by atoms with Crippen LogP contribution >= 0.6 is 11.3 Å². The fourth-order valence-corrected chi connectivity index (χ4v) is 3.47. The lowest BCUT2D eigenvalue weighted by Gasteiger charge is -2.04. The van der Waals surface area contributed by atoms with Gasteiger partial charge in [-0.3, -0.25) is 4.72 Å². The van der Waals surface area contributed by atoms with Gasteiger partial charge in [0.2, 0.25) is 10.0 Å². The van der Waals surface area contributed by atoms with E-state index in [2.05, 4.69) is 21.9 Å². The number of unbranched alkanes of at least 4 members (excludes halogenated alkanes) is 3. The normalized spacial score (nSPS) is 11.4. The van der Waals surface area contributed by atoms with Crippen molar-refractivity contribution in [3.8, 4) is 11.3 Å². The Kier molecular flexibility index (Phi) is 6.41. The summed E-state index contributed by atoms with van der Waals surface area (Å²) >= 11 is 1.59. The van der Waals surface area contributed by atoms with Gasteiger partial charge in [0, 0.05) is 23.2 Å². The highest BCUT2D eigenvalue weighted by atomic mass is 32.2. The highest BCUT2D eigenvalue weighted by Gasteiger charge is 2.06. The molecular weight excluding hydrogens is 330 g/mol. The summed E-state index contributed by atoms with van der Waals surface area (Å²) in [7, 11) is -3.24. The summed E-state index contributed by atoms with van der Waals surface area (Å²) in [5, 5.41) is 6.28. The van der Waals surface area contributed by atoms with E-state index in [4.69, 9.17) is 0 Å². The van der Waals surface area contributed by atoms with Gasteiger partial charge in [-0.1, -0.05) is 38.3 Å². The fourth-order valence-electron chi connectivity index (χ4n) is 2.16.